The summed E-state index contributed by atoms with van der Waals surface area (Å²) in [5, 5.41) is 14.2. The van der Waals surface area contributed by atoms with E-state index in [1.54, 1.807) is 30.5 Å². The van der Waals surface area contributed by atoms with Crippen LogP contribution in [0.4, 0.5) is 10.5 Å². The molecule has 6 heteroatoms. The van der Waals surface area contributed by atoms with Crippen molar-refractivity contribution in [1.29, 1.82) is 0 Å². The number of nitrogens with one attached hydrogen (secondary N) is 2. The third-order valence-corrected chi connectivity index (χ3v) is 2.89. The average Bonchev–Trinajstić information content (AvgIpc) is 2.80. The van der Waals surface area contributed by atoms with Crippen molar-refractivity contribution in [1.82, 2.24) is 10.3 Å². The number of rotatable bonds is 3. The number of aliphatic carboxylic acids is 1. The van der Waals surface area contributed by atoms with Crippen LogP contribution >= 0.6 is 0 Å². The molecule has 0 bridgehead atoms. The van der Waals surface area contributed by atoms with Gasteiger partial charge in [-0.15, -0.1) is 0 Å². The van der Waals surface area contributed by atoms with Crippen molar-refractivity contribution in [2.24, 2.45) is 5.92 Å². The molecule has 3 N–H and O–H groups in total. The maximum Gasteiger partial charge on any atom is 0.319 e. The van der Waals surface area contributed by atoms with Crippen LogP contribution < -0.4 is 10.6 Å². The Hall–Kier alpha value is -2.37. The van der Waals surface area contributed by atoms with Gasteiger partial charge < -0.3 is 15.7 Å². The number of aromatic nitrogens is 1. The molecule has 0 radical (unpaired) electrons. The Morgan fingerprint density at radius 2 is 2.16 bits per heavy atom. The summed E-state index contributed by atoms with van der Waals surface area (Å²) in [6.07, 6.45) is 5.25. The van der Waals surface area contributed by atoms with E-state index in [0.717, 1.165) is 5.69 Å². The van der Waals surface area contributed by atoms with Crippen LogP contribution in [0, 0.1) is 12.8 Å². The zero-order chi connectivity index (χ0) is 13.8. The summed E-state index contributed by atoms with van der Waals surface area (Å²) in [6, 6.07) is 2.93. The number of carboxylic acid groups (broad SMARTS) is 1. The minimum atomic E-state index is -0.872. The Morgan fingerprint density at radius 3 is 2.74 bits per heavy atom. The normalized spacial score (nSPS) is 21.1. The Bertz CT molecular complexity index is 510. The maximum absolute atomic E-state index is 11.7. The highest BCUT2D eigenvalue weighted by Crippen LogP contribution is 2.18. The number of urea groups is 1. The monoisotopic (exact) mass is 261 g/mol. The van der Waals surface area contributed by atoms with Crippen LogP contribution in [0.3, 0.4) is 0 Å². The molecule has 2 unspecified atom stereocenters. The van der Waals surface area contributed by atoms with E-state index in [1.807, 2.05) is 6.92 Å². The van der Waals surface area contributed by atoms with Crippen LogP contribution in [-0.2, 0) is 4.79 Å². The highest BCUT2D eigenvalue weighted by molar-refractivity contribution is 5.89. The molecular formula is C13H15N3O3. The molecule has 1 aliphatic rings. The molecule has 19 heavy (non-hydrogen) atoms. The van der Waals surface area contributed by atoms with Gasteiger partial charge in [-0.2, -0.15) is 0 Å². The van der Waals surface area contributed by atoms with E-state index in [2.05, 4.69) is 15.6 Å². The number of nitrogens with zero attached hydrogens (tertiary/aromatic N) is 1. The lowest BCUT2D eigenvalue weighted by atomic mass is 10.1. The smallest absolute Gasteiger partial charge is 0.319 e. The summed E-state index contributed by atoms with van der Waals surface area (Å²) in [5.41, 5.74) is 1.47. The molecular weight excluding hydrogens is 246 g/mol. The Morgan fingerprint density at radius 1 is 1.37 bits per heavy atom. The van der Waals surface area contributed by atoms with Gasteiger partial charge >= 0.3 is 12.0 Å². The molecule has 1 aromatic heterocycles. The molecule has 0 saturated heterocycles. The minimum Gasteiger partial charge on any atom is -0.481 e. The summed E-state index contributed by atoms with van der Waals surface area (Å²) < 4.78 is 0. The van der Waals surface area contributed by atoms with Gasteiger partial charge in [0.1, 0.15) is 0 Å². The van der Waals surface area contributed by atoms with Gasteiger partial charge in [-0.25, -0.2) is 4.79 Å². The van der Waals surface area contributed by atoms with Crippen molar-refractivity contribution in [3.63, 3.8) is 0 Å². The standard InChI is InChI=1S/C13H15N3O3/c1-8-2-4-11(7-14-8)16-13(19)15-10-5-3-9(6-10)12(17)18/h2-5,7,9-10H,6H2,1H3,(H,17,18)(H2,15,16,19). The van der Waals surface area contributed by atoms with E-state index in [-0.39, 0.29) is 12.1 Å². The fraction of sp³-hybridized carbons (Fsp3) is 0.308. The van der Waals surface area contributed by atoms with Crippen molar-refractivity contribution in [2.75, 3.05) is 5.32 Å². The molecule has 1 aromatic rings. The topological polar surface area (TPSA) is 91.3 Å². The molecule has 0 spiro atoms. The van der Waals surface area contributed by atoms with Crippen LogP contribution in [0.1, 0.15) is 12.1 Å². The second-order valence-electron chi connectivity index (χ2n) is 4.46. The second-order valence-corrected chi connectivity index (χ2v) is 4.46. The summed E-state index contributed by atoms with van der Waals surface area (Å²) in [4.78, 5) is 26.5. The zero-order valence-electron chi connectivity index (χ0n) is 10.5. The molecule has 6 nitrogen and oxygen atoms in total. The van der Waals surface area contributed by atoms with Crippen molar-refractivity contribution < 1.29 is 14.7 Å². The number of anilines is 1. The SMILES string of the molecule is Cc1ccc(NC(=O)NC2C=CC(C(=O)O)C2)cn1. The number of hydrogen-bond donors (Lipinski definition) is 3. The molecule has 1 heterocycles. The van der Waals surface area contributed by atoms with Gasteiger partial charge in [0.15, 0.2) is 0 Å². The zero-order valence-corrected chi connectivity index (χ0v) is 10.5. The lowest BCUT2D eigenvalue weighted by molar-refractivity contribution is -0.140. The largest absolute Gasteiger partial charge is 0.481 e. The molecule has 2 amide bonds. The fourth-order valence-corrected chi connectivity index (χ4v) is 1.87. The predicted molar refractivity (Wildman–Crippen MR) is 69.8 cm³/mol. The van der Waals surface area contributed by atoms with E-state index >= 15 is 0 Å². The summed E-state index contributed by atoms with van der Waals surface area (Å²) in [7, 11) is 0. The van der Waals surface area contributed by atoms with E-state index in [0.29, 0.717) is 12.1 Å². The van der Waals surface area contributed by atoms with Gasteiger partial charge in [0, 0.05) is 5.69 Å². The Kier molecular flexibility index (Phi) is 3.79. The van der Waals surface area contributed by atoms with Crippen molar-refractivity contribution in [3.05, 3.63) is 36.2 Å². The minimum absolute atomic E-state index is 0.250. The van der Waals surface area contributed by atoms with Crippen molar-refractivity contribution in [3.8, 4) is 0 Å². The van der Waals surface area contributed by atoms with Crippen LogP contribution in [0.15, 0.2) is 30.5 Å². The predicted octanol–water partition coefficient (Wildman–Crippen LogP) is 1.54. The number of carboxylic acids is 1. The highest BCUT2D eigenvalue weighted by atomic mass is 16.4. The first-order chi connectivity index (χ1) is 9.04. The third-order valence-electron chi connectivity index (χ3n) is 2.89. The number of pyridine rings is 1. The molecule has 100 valence electrons. The molecule has 0 fully saturated rings. The van der Waals surface area contributed by atoms with Crippen LogP contribution in [-0.4, -0.2) is 28.1 Å². The van der Waals surface area contributed by atoms with Gasteiger partial charge in [-0.05, 0) is 25.5 Å². The van der Waals surface area contributed by atoms with Gasteiger partial charge in [-0.1, -0.05) is 12.2 Å². The Balaban J connectivity index is 1.84. The summed E-state index contributed by atoms with van der Waals surface area (Å²) >= 11 is 0. The maximum atomic E-state index is 11.7. The van der Waals surface area contributed by atoms with Crippen LogP contribution in [0.5, 0.6) is 0 Å². The molecule has 0 aromatic carbocycles. The van der Waals surface area contributed by atoms with Crippen molar-refractivity contribution >= 4 is 17.7 Å². The molecule has 0 saturated carbocycles. The van der Waals surface area contributed by atoms with E-state index in [9.17, 15) is 9.59 Å². The second kappa shape index (κ2) is 5.51. The number of aryl methyl sites for hydroxylation is 1. The fourth-order valence-electron chi connectivity index (χ4n) is 1.87. The molecule has 2 rings (SSSR count). The third kappa shape index (κ3) is 3.54. The Labute approximate surface area is 110 Å². The van der Waals surface area contributed by atoms with Gasteiger partial charge in [0.25, 0.3) is 0 Å². The van der Waals surface area contributed by atoms with E-state index < -0.39 is 11.9 Å². The lowest BCUT2D eigenvalue weighted by Gasteiger charge is -2.13. The molecule has 1 aliphatic carbocycles. The van der Waals surface area contributed by atoms with Gasteiger partial charge in [-0.3, -0.25) is 9.78 Å². The van der Waals surface area contributed by atoms with Crippen molar-refractivity contribution in [2.45, 2.75) is 19.4 Å². The van der Waals surface area contributed by atoms with Crippen LogP contribution in [0.25, 0.3) is 0 Å². The summed E-state index contributed by atoms with van der Waals surface area (Å²) in [5.74, 6) is -1.39. The lowest BCUT2D eigenvalue weighted by Crippen LogP contribution is -2.36. The first-order valence-corrected chi connectivity index (χ1v) is 5.96. The number of hydrogen-bond acceptors (Lipinski definition) is 3. The molecule has 0 aliphatic heterocycles. The first kappa shape index (κ1) is 13.1. The first-order valence-electron chi connectivity index (χ1n) is 5.96. The van der Waals surface area contributed by atoms with E-state index in [4.69, 9.17) is 5.11 Å². The number of amides is 2. The molecule has 2 atom stereocenters. The van der Waals surface area contributed by atoms with Gasteiger partial charge in [0.05, 0.1) is 23.8 Å². The quantitative estimate of drug-likeness (QED) is 0.720. The average molecular weight is 261 g/mol. The van der Waals surface area contributed by atoms with Crippen LogP contribution in [0.2, 0.25) is 0 Å². The number of carbonyl (C=O) groups is 2. The highest BCUT2D eigenvalue weighted by Gasteiger charge is 2.25. The van der Waals surface area contributed by atoms with E-state index in [1.165, 1.54) is 0 Å². The summed E-state index contributed by atoms with van der Waals surface area (Å²) in [6.45, 7) is 1.86. The van der Waals surface area contributed by atoms with Gasteiger partial charge in [0.2, 0.25) is 0 Å². The number of carbonyl (C=O) groups excluding carboxylic acids is 1.